The standard InChI is InChI=1S/C11H18N2O4/c1-2-7-17-11(16)12-8-9(10(14)15)13-5-3-4-6-13/h2,9H,1,3-8H2,(H,12,16)(H,14,15). The van der Waals surface area contributed by atoms with Crippen LogP contribution in [0.1, 0.15) is 12.8 Å². The Morgan fingerprint density at radius 2 is 2.12 bits per heavy atom. The minimum Gasteiger partial charge on any atom is -0.480 e. The van der Waals surface area contributed by atoms with Gasteiger partial charge in [-0.3, -0.25) is 9.69 Å². The van der Waals surface area contributed by atoms with Crippen LogP contribution in [-0.2, 0) is 9.53 Å². The van der Waals surface area contributed by atoms with Crippen molar-refractivity contribution < 1.29 is 19.4 Å². The number of carbonyl (C=O) groups excluding carboxylic acids is 1. The lowest BCUT2D eigenvalue weighted by Gasteiger charge is -2.23. The average molecular weight is 242 g/mol. The highest BCUT2D eigenvalue weighted by Crippen LogP contribution is 2.11. The van der Waals surface area contributed by atoms with Crippen LogP contribution in [0.3, 0.4) is 0 Å². The summed E-state index contributed by atoms with van der Waals surface area (Å²) in [5, 5.41) is 11.5. The summed E-state index contributed by atoms with van der Waals surface area (Å²) >= 11 is 0. The predicted molar refractivity (Wildman–Crippen MR) is 61.8 cm³/mol. The van der Waals surface area contributed by atoms with Gasteiger partial charge in [0.05, 0.1) is 0 Å². The molecule has 2 N–H and O–H groups in total. The Labute approximate surface area is 100 Å². The van der Waals surface area contributed by atoms with Gasteiger partial charge in [-0.1, -0.05) is 12.7 Å². The molecular formula is C11H18N2O4. The van der Waals surface area contributed by atoms with E-state index in [2.05, 4.69) is 11.9 Å². The van der Waals surface area contributed by atoms with Gasteiger partial charge in [0, 0.05) is 6.54 Å². The Morgan fingerprint density at radius 1 is 1.47 bits per heavy atom. The van der Waals surface area contributed by atoms with Gasteiger partial charge in [-0.2, -0.15) is 0 Å². The topological polar surface area (TPSA) is 78.9 Å². The zero-order chi connectivity index (χ0) is 12.7. The van der Waals surface area contributed by atoms with E-state index in [0.29, 0.717) is 0 Å². The second-order valence-electron chi connectivity index (χ2n) is 3.87. The number of carbonyl (C=O) groups is 2. The van der Waals surface area contributed by atoms with Crippen LogP contribution in [0.15, 0.2) is 12.7 Å². The lowest BCUT2D eigenvalue weighted by molar-refractivity contribution is -0.142. The smallest absolute Gasteiger partial charge is 0.407 e. The molecule has 17 heavy (non-hydrogen) atoms. The molecule has 1 atom stereocenters. The molecule has 6 nitrogen and oxygen atoms in total. The van der Waals surface area contributed by atoms with Crippen molar-refractivity contribution >= 4 is 12.1 Å². The Hall–Kier alpha value is -1.56. The second kappa shape index (κ2) is 6.90. The fraction of sp³-hybridized carbons (Fsp3) is 0.636. The summed E-state index contributed by atoms with van der Waals surface area (Å²) in [6.45, 7) is 5.12. The van der Waals surface area contributed by atoms with Crippen molar-refractivity contribution in [2.24, 2.45) is 0 Å². The summed E-state index contributed by atoms with van der Waals surface area (Å²) in [5.74, 6) is -0.920. The molecular weight excluding hydrogens is 224 g/mol. The zero-order valence-electron chi connectivity index (χ0n) is 9.72. The molecule has 0 aromatic rings. The lowest BCUT2D eigenvalue weighted by Crippen LogP contribution is -2.47. The van der Waals surface area contributed by atoms with Crippen molar-refractivity contribution in [1.29, 1.82) is 0 Å². The number of hydrogen-bond donors (Lipinski definition) is 2. The Bertz CT molecular complexity index is 287. The fourth-order valence-electron chi connectivity index (χ4n) is 1.79. The normalized spacial score (nSPS) is 17.4. The van der Waals surface area contributed by atoms with E-state index in [1.807, 2.05) is 4.90 Å². The largest absolute Gasteiger partial charge is 0.480 e. The number of likely N-dealkylation sites (tertiary alicyclic amines) is 1. The molecule has 0 bridgehead atoms. The van der Waals surface area contributed by atoms with Gasteiger partial charge >= 0.3 is 12.1 Å². The average Bonchev–Trinajstić information content (AvgIpc) is 2.79. The minimum absolute atomic E-state index is 0.0608. The second-order valence-corrected chi connectivity index (χ2v) is 3.87. The van der Waals surface area contributed by atoms with E-state index in [4.69, 9.17) is 9.84 Å². The molecule has 0 radical (unpaired) electrons. The number of carboxylic acids is 1. The van der Waals surface area contributed by atoms with Crippen LogP contribution < -0.4 is 5.32 Å². The molecule has 0 spiro atoms. The van der Waals surface area contributed by atoms with Gasteiger partial charge < -0.3 is 15.2 Å². The van der Waals surface area contributed by atoms with Crippen LogP contribution in [0.25, 0.3) is 0 Å². The Kier molecular flexibility index (Phi) is 5.48. The van der Waals surface area contributed by atoms with Gasteiger partial charge in [-0.05, 0) is 25.9 Å². The van der Waals surface area contributed by atoms with Gasteiger partial charge in [0.25, 0.3) is 0 Å². The van der Waals surface area contributed by atoms with Crippen molar-refractivity contribution in [3.05, 3.63) is 12.7 Å². The number of carboxylic acid groups (broad SMARTS) is 1. The number of rotatable bonds is 6. The number of nitrogens with one attached hydrogen (secondary N) is 1. The summed E-state index contributed by atoms with van der Waals surface area (Å²) in [6, 6.07) is -0.672. The van der Waals surface area contributed by atoms with E-state index < -0.39 is 18.1 Å². The lowest BCUT2D eigenvalue weighted by atomic mass is 10.2. The molecule has 0 aromatic heterocycles. The highest BCUT2D eigenvalue weighted by atomic mass is 16.5. The number of aliphatic carboxylic acids is 1. The van der Waals surface area contributed by atoms with Crippen molar-refractivity contribution in [3.8, 4) is 0 Å². The van der Waals surface area contributed by atoms with Crippen molar-refractivity contribution in [2.45, 2.75) is 18.9 Å². The SMILES string of the molecule is C=CCOC(=O)NCC(C(=O)O)N1CCCC1. The quantitative estimate of drug-likeness (QED) is 0.661. The zero-order valence-corrected chi connectivity index (χ0v) is 9.72. The van der Waals surface area contributed by atoms with Crippen molar-refractivity contribution in [3.63, 3.8) is 0 Å². The molecule has 0 aromatic carbocycles. The summed E-state index contributed by atoms with van der Waals surface area (Å²) in [5.41, 5.74) is 0. The number of alkyl carbamates (subject to hydrolysis) is 1. The maximum Gasteiger partial charge on any atom is 0.407 e. The third-order valence-corrected chi connectivity index (χ3v) is 2.64. The first-order chi connectivity index (χ1) is 8.15. The van der Waals surface area contributed by atoms with Crippen LogP contribution in [0, 0.1) is 0 Å². The van der Waals surface area contributed by atoms with Crippen LogP contribution in [-0.4, -0.2) is 54.4 Å². The maximum atomic E-state index is 11.2. The maximum absolute atomic E-state index is 11.2. The van der Waals surface area contributed by atoms with E-state index in [9.17, 15) is 9.59 Å². The van der Waals surface area contributed by atoms with Gasteiger partial charge in [0.2, 0.25) is 0 Å². The molecule has 96 valence electrons. The van der Waals surface area contributed by atoms with Gasteiger partial charge in [-0.25, -0.2) is 4.79 Å². The predicted octanol–water partition coefficient (Wildman–Crippen LogP) is 0.448. The number of amides is 1. The van der Waals surface area contributed by atoms with Gasteiger partial charge in [0.15, 0.2) is 0 Å². The highest BCUT2D eigenvalue weighted by Gasteiger charge is 2.28. The summed E-state index contributed by atoms with van der Waals surface area (Å²) in [6.07, 6.45) is 2.85. The molecule has 1 fully saturated rings. The summed E-state index contributed by atoms with van der Waals surface area (Å²) in [4.78, 5) is 24.1. The summed E-state index contributed by atoms with van der Waals surface area (Å²) < 4.78 is 4.70. The van der Waals surface area contributed by atoms with E-state index >= 15 is 0 Å². The van der Waals surface area contributed by atoms with Crippen molar-refractivity contribution in [1.82, 2.24) is 10.2 Å². The molecule has 1 rings (SSSR count). The first-order valence-corrected chi connectivity index (χ1v) is 5.63. The molecule has 1 unspecified atom stereocenters. The van der Waals surface area contributed by atoms with E-state index in [-0.39, 0.29) is 13.2 Å². The first-order valence-electron chi connectivity index (χ1n) is 5.63. The van der Waals surface area contributed by atoms with E-state index in [0.717, 1.165) is 25.9 Å². The molecule has 0 aliphatic carbocycles. The van der Waals surface area contributed by atoms with Crippen LogP contribution in [0.4, 0.5) is 4.79 Å². The molecule has 1 aliphatic rings. The fourth-order valence-corrected chi connectivity index (χ4v) is 1.79. The van der Waals surface area contributed by atoms with Crippen LogP contribution >= 0.6 is 0 Å². The minimum atomic E-state index is -0.920. The third-order valence-electron chi connectivity index (χ3n) is 2.64. The van der Waals surface area contributed by atoms with Gasteiger partial charge in [-0.15, -0.1) is 0 Å². The van der Waals surface area contributed by atoms with Crippen LogP contribution in [0.5, 0.6) is 0 Å². The molecule has 1 saturated heterocycles. The Balaban J connectivity index is 2.36. The van der Waals surface area contributed by atoms with Crippen molar-refractivity contribution in [2.75, 3.05) is 26.2 Å². The highest BCUT2D eigenvalue weighted by molar-refractivity contribution is 5.75. The molecule has 1 aliphatic heterocycles. The number of hydrogen-bond acceptors (Lipinski definition) is 4. The monoisotopic (exact) mass is 242 g/mol. The summed E-state index contributed by atoms with van der Waals surface area (Å²) in [7, 11) is 0. The van der Waals surface area contributed by atoms with Gasteiger partial charge in [0.1, 0.15) is 12.6 Å². The molecule has 6 heteroatoms. The number of nitrogens with zero attached hydrogens (tertiary/aromatic N) is 1. The first kappa shape index (κ1) is 13.5. The third kappa shape index (κ3) is 4.44. The van der Waals surface area contributed by atoms with E-state index in [1.165, 1.54) is 6.08 Å². The number of ether oxygens (including phenoxy) is 1. The van der Waals surface area contributed by atoms with E-state index in [1.54, 1.807) is 0 Å². The molecule has 0 saturated carbocycles. The molecule has 1 amide bonds. The van der Waals surface area contributed by atoms with Crippen LogP contribution in [0.2, 0.25) is 0 Å². The Morgan fingerprint density at radius 3 is 2.65 bits per heavy atom. The molecule has 1 heterocycles.